The van der Waals surface area contributed by atoms with Gasteiger partial charge in [-0.2, -0.15) is 0 Å². The van der Waals surface area contributed by atoms with Gasteiger partial charge in [0.05, 0.1) is 24.8 Å². The highest BCUT2D eigenvalue weighted by atomic mass is 32.1. The first-order valence-electron chi connectivity index (χ1n) is 6.70. The first-order chi connectivity index (χ1) is 10.1. The third kappa shape index (κ3) is 4.53. The van der Waals surface area contributed by atoms with Gasteiger partial charge in [-0.1, -0.05) is 12.1 Å². The number of thiazole rings is 1. The van der Waals surface area contributed by atoms with Gasteiger partial charge in [-0.15, -0.1) is 11.3 Å². The topological polar surface area (TPSA) is 51.2 Å². The summed E-state index contributed by atoms with van der Waals surface area (Å²) in [4.78, 5) is 15.7. The molecule has 2 rings (SSSR count). The Morgan fingerprint density at radius 3 is 3.05 bits per heavy atom. The van der Waals surface area contributed by atoms with Crippen LogP contribution in [0.15, 0.2) is 29.6 Å². The fourth-order valence-corrected chi connectivity index (χ4v) is 2.66. The summed E-state index contributed by atoms with van der Waals surface area (Å²) < 4.78 is 18.1. The summed E-state index contributed by atoms with van der Waals surface area (Å²) in [6, 6.07) is 6.37. The predicted molar refractivity (Wildman–Crippen MR) is 80.9 cm³/mol. The van der Waals surface area contributed by atoms with E-state index in [1.165, 1.54) is 23.5 Å². The molecule has 1 heterocycles. The van der Waals surface area contributed by atoms with E-state index in [4.69, 9.17) is 4.74 Å². The maximum Gasteiger partial charge on any atom is 0.311 e. The molecule has 1 aromatic carbocycles. The van der Waals surface area contributed by atoms with Crippen molar-refractivity contribution in [3.05, 3.63) is 46.7 Å². The lowest BCUT2D eigenvalue weighted by molar-refractivity contribution is -0.142. The molecule has 21 heavy (non-hydrogen) atoms. The predicted octanol–water partition coefficient (Wildman–Crippen LogP) is 3.56. The van der Waals surface area contributed by atoms with Crippen LogP contribution in [0.25, 0.3) is 0 Å². The van der Waals surface area contributed by atoms with Crippen LogP contribution in [0.5, 0.6) is 0 Å². The average Bonchev–Trinajstić information content (AvgIpc) is 2.86. The van der Waals surface area contributed by atoms with E-state index in [1.807, 2.05) is 18.4 Å². The summed E-state index contributed by atoms with van der Waals surface area (Å²) >= 11 is 1.41. The Hall–Kier alpha value is -1.95. The number of hydrogen-bond donors (Lipinski definition) is 1. The largest absolute Gasteiger partial charge is 0.466 e. The molecule has 6 heteroatoms. The molecule has 1 unspecified atom stereocenters. The minimum Gasteiger partial charge on any atom is -0.466 e. The molecule has 0 spiro atoms. The van der Waals surface area contributed by atoms with Gasteiger partial charge < -0.3 is 10.1 Å². The maximum absolute atomic E-state index is 13.2. The summed E-state index contributed by atoms with van der Waals surface area (Å²) in [6.07, 6.45) is 0.167. The number of rotatable bonds is 6. The first kappa shape index (κ1) is 15.4. The number of carbonyl (C=O) groups excluding carboxylic acids is 1. The van der Waals surface area contributed by atoms with Gasteiger partial charge in [0.1, 0.15) is 5.82 Å². The molecule has 112 valence electrons. The molecule has 1 atom stereocenters. The SMILES string of the molecule is CCOC(=O)Cc1csc(NC(C)c2cccc(F)c2)n1. The standard InChI is InChI=1S/C15H17FN2O2S/c1-3-20-14(19)8-13-9-21-15(18-13)17-10(2)11-5-4-6-12(16)7-11/h4-7,9-10H,3,8H2,1-2H3,(H,17,18). The Balaban J connectivity index is 1.97. The van der Waals surface area contributed by atoms with Crippen molar-refractivity contribution in [1.82, 2.24) is 4.98 Å². The Morgan fingerprint density at radius 1 is 1.52 bits per heavy atom. The second-order valence-electron chi connectivity index (χ2n) is 4.55. The quantitative estimate of drug-likeness (QED) is 0.829. The minimum absolute atomic E-state index is 0.0673. The third-order valence-corrected chi connectivity index (χ3v) is 3.69. The molecule has 0 bridgehead atoms. The molecular weight excluding hydrogens is 291 g/mol. The first-order valence-corrected chi connectivity index (χ1v) is 7.58. The lowest BCUT2D eigenvalue weighted by atomic mass is 10.1. The van der Waals surface area contributed by atoms with E-state index in [0.717, 1.165) is 5.56 Å². The van der Waals surface area contributed by atoms with Crippen molar-refractivity contribution in [2.45, 2.75) is 26.3 Å². The fraction of sp³-hybridized carbons (Fsp3) is 0.333. The molecule has 1 aromatic heterocycles. The zero-order chi connectivity index (χ0) is 15.2. The molecule has 0 aliphatic heterocycles. The molecule has 4 nitrogen and oxygen atoms in total. The smallest absolute Gasteiger partial charge is 0.311 e. The number of esters is 1. The van der Waals surface area contributed by atoms with Crippen LogP contribution < -0.4 is 5.32 Å². The molecule has 2 aromatic rings. The number of carbonyl (C=O) groups is 1. The molecule has 0 aliphatic carbocycles. The van der Waals surface area contributed by atoms with E-state index in [-0.39, 0.29) is 24.2 Å². The van der Waals surface area contributed by atoms with Crippen LogP contribution in [0.4, 0.5) is 9.52 Å². The second-order valence-corrected chi connectivity index (χ2v) is 5.40. The van der Waals surface area contributed by atoms with Crippen LogP contribution in [0.3, 0.4) is 0 Å². The molecule has 0 radical (unpaired) electrons. The number of benzene rings is 1. The van der Waals surface area contributed by atoms with E-state index in [1.54, 1.807) is 13.0 Å². The maximum atomic E-state index is 13.2. The van der Waals surface area contributed by atoms with Crippen molar-refractivity contribution in [3.63, 3.8) is 0 Å². The molecule has 1 N–H and O–H groups in total. The van der Waals surface area contributed by atoms with Gasteiger partial charge in [0.25, 0.3) is 0 Å². The van der Waals surface area contributed by atoms with Crippen LogP contribution in [0.1, 0.15) is 31.1 Å². The highest BCUT2D eigenvalue weighted by Crippen LogP contribution is 2.23. The number of aromatic nitrogens is 1. The zero-order valence-corrected chi connectivity index (χ0v) is 12.7. The van der Waals surface area contributed by atoms with Crippen molar-refractivity contribution < 1.29 is 13.9 Å². The molecule has 0 amide bonds. The van der Waals surface area contributed by atoms with E-state index in [0.29, 0.717) is 17.4 Å². The van der Waals surface area contributed by atoms with E-state index < -0.39 is 0 Å². The third-order valence-electron chi connectivity index (χ3n) is 2.87. The molecule has 0 saturated heterocycles. The van der Waals surface area contributed by atoms with Crippen molar-refractivity contribution >= 4 is 22.4 Å². The summed E-state index contributed by atoms with van der Waals surface area (Å²) in [5, 5.41) is 5.72. The normalized spacial score (nSPS) is 12.0. The Kier molecular flexibility index (Phi) is 5.27. The molecule has 0 aliphatic rings. The Labute approximate surface area is 127 Å². The number of nitrogens with one attached hydrogen (secondary N) is 1. The van der Waals surface area contributed by atoms with Crippen LogP contribution in [0.2, 0.25) is 0 Å². The van der Waals surface area contributed by atoms with E-state index >= 15 is 0 Å². The van der Waals surface area contributed by atoms with Crippen molar-refractivity contribution in [3.8, 4) is 0 Å². The second kappa shape index (κ2) is 7.17. The highest BCUT2D eigenvalue weighted by Gasteiger charge is 2.11. The van der Waals surface area contributed by atoms with Gasteiger partial charge in [-0.25, -0.2) is 9.37 Å². The lowest BCUT2D eigenvalue weighted by Crippen LogP contribution is -2.09. The van der Waals surface area contributed by atoms with E-state index in [2.05, 4.69) is 10.3 Å². The number of nitrogens with zero attached hydrogens (tertiary/aromatic N) is 1. The average molecular weight is 308 g/mol. The molecule has 0 fully saturated rings. The fourth-order valence-electron chi connectivity index (χ4n) is 1.86. The van der Waals surface area contributed by atoms with Crippen LogP contribution in [0, 0.1) is 5.82 Å². The van der Waals surface area contributed by atoms with Crippen LogP contribution in [-0.2, 0) is 16.0 Å². The van der Waals surface area contributed by atoms with E-state index in [9.17, 15) is 9.18 Å². The van der Waals surface area contributed by atoms with Crippen LogP contribution in [-0.4, -0.2) is 17.6 Å². The summed E-state index contributed by atoms with van der Waals surface area (Å²) in [5.41, 5.74) is 1.52. The van der Waals surface area contributed by atoms with Gasteiger partial charge in [0.15, 0.2) is 5.13 Å². The van der Waals surface area contributed by atoms with Crippen molar-refractivity contribution in [2.75, 3.05) is 11.9 Å². The van der Waals surface area contributed by atoms with Crippen LogP contribution >= 0.6 is 11.3 Å². The summed E-state index contributed by atoms with van der Waals surface area (Å²) in [5.74, 6) is -0.546. The Bertz CT molecular complexity index is 615. The Morgan fingerprint density at radius 2 is 2.33 bits per heavy atom. The highest BCUT2D eigenvalue weighted by molar-refractivity contribution is 7.13. The van der Waals surface area contributed by atoms with Gasteiger partial charge in [0.2, 0.25) is 0 Å². The summed E-state index contributed by atoms with van der Waals surface area (Å²) in [6.45, 7) is 4.07. The minimum atomic E-state index is -0.285. The number of halogens is 1. The monoisotopic (exact) mass is 308 g/mol. The molecule has 0 saturated carbocycles. The van der Waals surface area contributed by atoms with Crippen molar-refractivity contribution in [2.24, 2.45) is 0 Å². The van der Waals surface area contributed by atoms with Crippen molar-refractivity contribution in [1.29, 1.82) is 0 Å². The number of ether oxygens (including phenoxy) is 1. The van der Waals surface area contributed by atoms with Gasteiger partial charge in [0, 0.05) is 5.38 Å². The van der Waals surface area contributed by atoms with Gasteiger partial charge in [-0.3, -0.25) is 4.79 Å². The molecular formula is C15H17FN2O2S. The summed E-state index contributed by atoms with van der Waals surface area (Å²) in [7, 11) is 0. The van der Waals surface area contributed by atoms with Gasteiger partial charge >= 0.3 is 5.97 Å². The number of hydrogen-bond acceptors (Lipinski definition) is 5. The lowest BCUT2D eigenvalue weighted by Gasteiger charge is -2.13. The zero-order valence-electron chi connectivity index (χ0n) is 11.9. The van der Waals surface area contributed by atoms with Gasteiger partial charge in [-0.05, 0) is 31.5 Å². The number of anilines is 1.